The van der Waals surface area contributed by atoms with E-state index in [-0.39, 0.29) is 24.5 Å². The van der Waals surface area contributed by atoms with Crippen molar-refractivity contribution in [1.82, 2.24) is 14.9 Å². The van der Waals surface area contributed by atoms with E-state index in [9.17, 15) is 35.9 Å². The van der Waals surface area contributed by atoms with Gasteiger partial charge in [0, 0.05) is 31.3 Å². The lowest BCUT2D eigenvalue weighted by molar-refractivity contribution is -0.128. The van der Waals surface area contributed by atoms with E-state index in [1.807, 2.05) is 0 Å². The molecule has 2 aromatic rings. The number of anilines is 1. The second kappa shape index (κ2) is 8.93. The van der Waals surface area contributed by atoms with Gasteiger partial charge in [-0.3, -0.25) is 14.5 Å². The molecule has 0 aliphatic carbocycles. The van der Waals surface area contributed by atoms with E-state index in [0.717, 1.165) is 24.5 Å². The maximum Gasteiger partial charge on any atom is 0.393 e. The first-order valence-corrected chi connectivity index (χ1v) is 9.68. The summed E-state index contributed by atoms with van der Waals surface area (Å²) in [7, 11) is 0. The third-order valence-electron chi connectivity index (χ3n) is 5.36. The number of pyridine rings is 2. The zero-order chi connectivity index (χ0) is 23.7. The van der Waals surface area contributed by atoms with Crippen molar-refractivity contribution in [2.75, 3.05) is 18.4 Å². The number of nitrogens with zero attached hydrogens (tertiary/aromatic N) is 2. The number of hydrogen-bond acceptors (Lipinski definition) is 4. The van der Waals surface area contributed by atoms with Crippen LogP contribution >= 0.6 is 0 Å². The summed E-state index contributed by atoms with van der Waals surface area (Å²) in [5.74, 6) is -5.85. The number of piperidine rings is 1. The highest BCUT2D eigenvalue weighted by Gasteiger charge is 2.46. The average Bonchev–Trinajstić information content (AvgIpc) is 2.70. The van der Waals surface area contributed by atoms with Crippen LogP contribution in [0.5, 0.6) is 0 Å². The zero-order valence-electron chi connectivity index (χ0n) is 16.8. The second-order valence-corrected chi connectivity index (χ2v) is 7.66. The molecule has 0 saturated carbocycles. The number of hydrogen-bond donors (Lipinski definition) is 2. The number of likely N-dealkylation sites (tertiary alicyclic amines) is 1. The fourth-order valence-corrected chi connectivity index (χ4v) is 3.57. The van der Waals surface area contributed by atoms with E-state index in [4.69, 9.17) is 0 Å². The standard InChI is InChI=1S/C20H20F6N4O2/c1-11(17(31)29-16-3-2-14(21)9-27-16)30-5-4-19(22,23)15(10-30)13-6-12(7-20(24,25)26)18(32)28-8-13/h2-3,6,8-9,11,15H,4-5,7,10H2,1H3,(H,28,32)(H,27,29,31)/t11?,15-/m1/s1. The molecule has 1 unspecified atom stereocenters. The predicted molar refractivity (Wildman–Crippen MR) is 103 cm³/mol. The van der Waals surface area contributed by atoms with Crippen molar-refractivity contribution < 1.29 is 31.1 Å². The number of aromatic nitrogens is 2. The Kier molecular flexibility index (Phi) is 6.63. The molecule has 1 saturated heterocycles. The smallest absolute Gasteiger partial charge is 0.329 e. The first-order chi connectivity index (χ1) is 14.9. The molecule has 2 aromatic heterocycles. The Hall–Kier alpha value is -2.89. The third kappa shape index (κ3) is 5.67. The summed E-state index contributed by atoms with van der Waals surface area (Å²) in [6, 6.07) is 2.31. The van der Waals surface area contributed by atoms with Crippen LogP contribution in [-0.4, -0.2) is 52.0 Å². The molecule has 3 heterocycles. The number of H-pyrrole nitrogens is 1. The van der Waals surface area contributed by atoms with Gasteiger partial charge in [0.05, 0.1) is 24.6 Å². The van der Waals surface area contributed by atoms with Crippen LogP contribution in [0.15, 0.2) is 35.4 Å². The van der Waals surface area contributed by atoms with Crippen molar-refractivity contribution in [3.8, 4) is 0 Å². The number of carbonyl (C=O) groups is 1. The molecular weight excluding hydrogens is 442 g/mol. The fourth-order valence-electron chi connectivity index (χ4n) is 3.57. The van der Waals surface area contributed by atoms with Gasteiger partial charge in [-0.1, -0.05) is 0 Å². The van der Waals surface area contributed by atoms with Crippen molar-refractivity contribution in [3.05, 3.63) is 57.9 Å². The van der Waals surface area contributed by atoms with Gasteiger partial charge < -0.3 is 10.3 Å². The van der Waals surface area contributed by atoms with Gasteiger partial charge in [0.25, 0.3) is 11.5 Å². The first-order valence-electron chi connectivity index (χ1n) is 9.68. The van der Waals surface area contributed by atoms with Crippen molar-refractivity contribution in [1.29, 1.82) is 0 Å². The Labute approximate surface area is 178 Å². The van der Waals surface area contributed by atoms with Crippen LogP contribution in [0.1, 0.15) is 30.4 Å². The van der Waals surface area contributed by atoms with E-state index in [0.29, 0.717) is 0 Å². The minimum absolute atomic E-state index is 0.0829. The van der Waals surface area contributed by atoms with Gasteiger partial charge in [0.2, 0.25) is 5.91 Å². The molecule has 0 bridgehead atoms. The molecule has 0 spiro atoms. The number of halogens is 6. The summed E-state index contributed by atoms with van der Waals surface area (Å²) in [5, 5.41) is 2.47. The SMILES string of the molecule is CC(C(=O)Nc1ccc(F)cn1)N1CCC(F)(F)[C@@H](c2c[nH]c(=O)c(CC(F)(F)F)c2)C1. The Morgan fingerprint density at radius 2 is 2.09 bits per heavy atom. The number of amides is 1. The molecule has 1 aliphatic heterocycles. The molecule has 3 rings (SSSR count). The number of nitrogens with one attached hydrogen (secondary N) is 2. The van der Waals surface area contributed by atoms with E-state index < -0.39 is 59.7 Å². The highest BCUT2D eigenvalue weighted by Crippen LogP contribution is 2.41. The largest absolute Gasteiger partial charge is 0.393 e. The molecular formula is C20H20F6N4O2. The van der Waals surface area contributed by atoms with Crippen molar-refractivity contribution >= 4 is 11.7 Å². The summed E-state index contributed by atoms with van der Waals surface area (Å²) in [6.45, 7) is 1.03. The van der Waals surface area contributed by atoms with Crippen LogP contribution in [0, 0.1) is 5.82 Å². The Morgan fingerprint density at radius 3 is 2.72 bits per heavy atom. The Balaban J connectivity index is 1.79. The predicted octanol–water partition coefficient (Wildman–Crippen LogP) is 3.47. The van der Waals surface area contributed by atoms with Crippen LogP contribution in [0.2, 0.25) is 0 Å². The van der Waals surface area contributed by atoms with Crippen LogP contribution in [0.4, 0.5) is 32.2 Å². The van der Waals surface area contributed by atoms with Gasteiger partial charge in [-0.2, -0.15) is 13.2 Å². The van der Waals surface area contributed by atoms with Gasteiger partial charge in [0.15, 0.2) is 0 Å². The summed E-state index contributed by atoms with van der Waals surface area (Å²) < 4.78 is 80.5. The van der Waals surface area contributed by atoms with Crippen molar-refractivity contribution in [3.63, 3.8) is 0 Å². The molecule has 0 aromatic carbocycles. The molecule has 32 heavy (non-hydrogen) atoms. The minimum Gasteiger partial charge on any atom is -0.329 e. The number of carbonyl (C=O) groups excluding carboxylic acids is 1. The fraction of sp³-hybridized carbons (Fsp3) is 0.450. The van der Waals surface area contributed by atoms with Crippen LogP contribution in [0.25, 0.3) is 0 Å². The lowest BCUT2D eigenvalue weighted by Crippen LogP contribution is -2.52. The van der Waals surface area contributed by atoms with Gasteiger partial charge in [-0.25, -0.2) is 18.2 Å². The van der Waals surface area contributed by atoms with E-state index in [2.05, 4.69) is 15.3 Å². The molecule has 6 nitrogen and oxygen atoms in total. The van der Waals surface area contributed by atoms with Gasteiger partial charge in [0.1, 0.15) is 11.6 Å². The molecule has 1 fully saturated rings. The lowest BCUT2D eigenvalue weighted by atomic mass is 9.86. The highest BCUT2D eigenvalue weighted by atomic mass is 19.4. The second-order valence-electron chi connectivity index (χ2n) is 7.66. The maximum absolute atomic E-state index is 14.7. The summed E-state index contributed by atoms with van der Waals surface area (Å²) >= 11 is 0. The minimum atomic E-state index is -4.67. The third-order valence-corrected chi connectivity index (χ3v) is 5.36. The quantitative estimate of drug-likeness (QED) is 0.668. The van der Waals surface area contributed by atoms with E-state index in [1.165, 1.54) is 17.9 Å². The average molecular weight is 462 g/mol. The van der Waals surface area contributed by atoms with Gasteiger partial charge in [-0.05, 0) is 30.7 Å². The van der Waals surface area contributed by atoms with Crippen LogP contribution in [0.3, 0.4) is 0 Å². The molecule has 174 valence electrons. The summed E-state index contributed by atoms with van der Waals surface area (Å²) in [5.41, 5.74) is -1.80. The summed E-state index contributed by atoms with van der Waals surface area (Å²) in [4.78, 5) is 31.5. The zero-order valence-corrected chi connectivity index (χ0v) is 16.8. The van der Waals surface area contributed by atoms with E-state index >= 15 is 0 Å². The molecule has 1 amide bonds. The lowest BCUT2D eigenvalue weighted by Gasteiger charge is -2.40. The topological polar surface area (TPSA) is 78.1 Å². The number of aromatic amines is 1. The summed E-state index contributed by atoms with van der Waals surface area (Å²) in [6.07, 6.45) is -4.95. The van der Waals surface area contributed by atoms with Crippen molar-refractivity contribution in [2.45, 2.75) is 43.8 Å². The first kappa shape index (κ1) is 23.8. The highest BCUT2D eigenvalue weighted by molar-refractivity contribution is 5.93. The Morgan fingerprint density at radius 1 is 1.38 bits per heavy atom. The van der Waals surface area contributed by atoms with Gasteiger partial charge >= 0.3 is 6.18 Å². The number of rotatable bonds is 5. The normalized spacial score (nSPS) is 20.0. The van der Waals surface area contributed by atoms with Crippen LogP contribution in [-0.2, 0) is 11.2 Å². The van der Waals surface area contributed by atoms with Crippen molar-refractivity contribution in [2.24, 2.45) is 0 Å². The Bertz CT molecular complexity index is 1020. The monoisotopic (exact) mass is 462 g/mol. The van der Waals surface area contributed by atoms with E-state index in [1.54, 1.807) is 0 Å². The molecule has 1 aliphatic rings. The van der Waals surface area contributed by atoms with Crippen LogP contribution < -0.4 is 10.9 Å². The molecule has 0 radical (unpaired) electrons. The molecule has 12 heteroatoms. The van der Waals surface area contributed by atoms with Gasteiger partial charge in [-0.15, -0.1) is 0 Å². The maximum atomic E-state index is 14.7. The number of alkyl halides is 5. The molecule has 2 N–H and O–H groups in total. The molecule has 2 atom stereocenters.